The van der Waals surface area contributed by atoms with E-state index in [0.717, 1.165) is 22.3 Å². The molecule has 0 spiro atoms. The number of alkyl carbamates (subject to hydrolysis) is 1. The number of carboxylic acids is 1. The van der Waals surface area contributed by atoms with Gasteiger partial charge in [-0.15, -0.1) is 0 Å². The van der Waals surface area contributed by atoms with Gasteiger partial charge in [-0.05, 0) is 39.9 Å². The Labute approximate surface area is 173 Å². The summed E-state index contributed by atoms with van der Waals surface area (Å²) < 4.78 is 5.44. The van der Waals surface area contributed by atoms with Crippen molar-refractivity contribution < 1.29 is 24.5 Å². The molecule has 1 atom stereocenters. The Kier molecular flexibility index (Phi) is 5.50. The minimum Gasteiger partial charge on any atom is -0.478 e. The Hall–Kier alpha value is -3.64. The molecule has 6 heteroatoms. The van der Waals surface area contributed by atoms with Crippen molar-refractivity contribution in [3.8, 4) is 11.1 Å². The molecule has 0 saturated heterocycles. The lowest BCUT2D eigenvalue weighted by Gasteiger charge is -2.16. The third-order valence-corrected chi connectivity index (χ3v) is 5.33. The molecular formula is C24H21NO5. The molecule has 1 aliphatic carbocycles. The lowest BCUT2D eigenvalue weighted by molar-refractivity contribution is 0.0696. The van der Waals surface area contributed by atoms with E-state index in [1.165, 1.54) is 24.3 Å². The number of aliphatic hydroxyl groups is 1. The Balaban J connectivity index is 1.35. The average molecular weight is 403 g/mol. The van der Waals surface area contributed by atoms with Crippen molar-refractivity contribution in [2.24, 2.45) is 0 Å². The van der Waals surface area contributed by atoms with Crippen LogP contribution in [0.3, 0.4) is 0 Å². The first-order valence-corrected chi connectivity index (χ1v) is 9.64. The number of carbonyl (C=O) groups is 2. The van der Waals surface area contributed by atoms with Crippen molar-refractivity contribution in [1.29, 1.82) is 0 Å². The van der Waals surface area contributed by atoms with Gasteiger partial charge in [-0.1, -0.05) is 60.7 Å². The highest BCUT2D eigenvalue weighted by atomic mass is 16.5. The van der Waals surface area contributed by atoms with E-state index in [1.54, 1.807) is 0 Å². The molecule has 0 aromatic heterocycles. The number of carboxylic acid groups (broad SMARTS) is 1. The van der Waals surface area contributed by atoms with E-state index < -0.39 is 18.2 Å². The van der Waals surface area contributed by atoms with Crippen LogP contribution in [0.4, 0.5) is 4.79 Å². The zero-order chi connectivity index (χ0) is 21.1. The van der Waals surface area contributed by atoms with Crippen molar-refractivity contribution in [2.75, 3.05) is 13.2 Å². The van der Waals surface area contributed by atoms with Gasteiger partial charge in [0.15, 0.2) is 0 Å². The second-order valence-electron chi connectivity index (χ2n) is 7.15. The number of ether oxygens (including phenoxy) is 1. The number of aromatic carboxylic acids is 1. The molecule has 30 heavy (non-hydrogen) atoms. The molecule has 152 valence electrons. The molecule has 0 fully saturated rings. The summed E-state index contributed by atoms with van der Waals surface area (Å²) in [6.45, 7) is 0.159. The summed E-state index contributed by atoms with van der Waals surface area (Å²) in [5, 5.41) is 21.7. The fourth-order valence-corrected chi connectivity index (χ4v) is 3.80. The standard InChI is InChI=1S/C24H21NO5/c26-22(15-9-11-16(12-10-15)23(27)28)13-25-24(29)30-14-21-19-7-3-1-5-17(19)18-6-2-4-8-20(18)21/h1-12,21-22,26H,13-14H2,(H,25,29)(H,27,28)/t22-/m0/s1. The number of hydrogen-bond acceptors (Lipinski definition) is 4. The van der Waals surface area contributed by atoms with Crippen LogP contribution in [0, 0.1) is 0 Å². The number of aliphatic hydroxyl groups excluding tert-OH is 1. The SMILES string of the molecule is O=C(NC[C@H](O)c1ccc(C(=O)O)cc1)OCC1c2ccccc2-c2ccccc21. The van der Waals surface area contributed by atoms with Crippen molar-refractivity contribution in [1.82, 2.24) is 5.32 Å². The fourth-order valence-electron chi connectivity index (χ4n) is 3.80. The molecule has 0 bridgehead atoms. The van der Waals surface area contributed by atoms with Crippen LogP contribution in [0.2, 0.25) is 0 Å². The van der Waals surface area contributed by atoms with Crippen molar-refractivity contribution in [3.05, 3.63) is 95.1 Å². The van der Waals surface area contributed by atoms with Crippen LogP contribution in [0.15, 0.2) is 72.8 Å². The summed E-state index contributed by atoms with van der Waals surface area (Å²) in [4.78, 5) is 23.1. The van der Waals surface area contributed by atoms with E-state index >= 15 is 0 Å². The molecule has 0 saturated carbocycles. The molecule has 0 heterocycles. The minimum atomic E-state index is -1.03. The molecule has 6 nitrogen and oxygen atoms in total. The largest absolute Gasteiger partial charge is 0.478 e. The molecule has 0 aliphatic heterocycles. The van der Waals surface area contributed by atoms with E-state index in [9.17, 15) is 14.7 Å². The first-order chi connectivity index (χ1) is 14.5. The van der Waals surface area contributed by atoms with Gasteiger partial charge in [0.05, 0.1) is 18.2 Å². The topological polar surface area (TPSA) is 95.9 Å². The first-order valence-electron chi connectivity index (χ1n) is 9.64. The van der Waals surface area contributed by atoms with Crippen molar-refractivity contribution in [2.45, 2.75) is 12.0 Å². The van der Waals surface area contributed by atoms with Crippen LogP contribution in [0.25, 0.3) is 11.1 Å². The highest BCUT2D eigenvalue weighted by Crippen LogP contribution is 2.44. The number of carbonyl (C=O) groups excluding carboxylic acids is 1. The van der Waals surface area contributed by atoms with Gasteiger partial charge in [-0.3, -0.25) is 0 Å². The van der Waals surface area contributed by atoms with E-state index in [2.05, 4.69) is 17.4 Å². The van der Waals surface area contributed by atoms with Crippen LogP contribution in [-0.4, -0.2) is 35.4 Å². The molecule has 1 aliphatic rings. The summed E-state index contributed by atoms with van der Waals surface area (Å²) in [5.74, 6) is -1.07. The monoisotopic (exact) mass is 403 g/mol. The molecular weight excluding hydrogens is 382 g/mol. The molecule has 3 aromatic carbocycles. The maximum absolute atomic E-state index is 12.2. The highest BCUT2D eigenvalue weighted by molar-refractivity contribution is 5.87. The Morgan fingerprint density at radius 3 is 2.03 bits per heavy atom. The third-order valence-electron chi connectivity index (χ3n) is 5.33. The highest BCUT2D eigenvalue weighted by Gasteiger charge is 2.29. The predicted octanol–water partition coefficient (Wildman–Crippen LogP) is 3.96. The van der Waals surface area contributed by atoms with E-state index in [1.807, 2.05) is 36.4 Å². The van der Waals surface area contributed by atoms with Crippen LogP contribution >= 0.6 is 0 Å². The zero-order valence-corrected chi connectivity index (χ0v) is 16.1. The molecule has 0 unspecified atom stereocenters. The predicted molar refractivity (Wildman–Crippen MR) is 111 cm³/mol. The first kappa shape index (κ1) is 19.7. The van der Waals surface area contributed by atoms with Crippen LogP contribution in [-0.2, 0) is 4.74 Å². The molecule has 0 radical (unpaired) electrons. The van der Waals surface area contributed by atoms with Gasteiger partial charge < -0.3 is 20.3 Å². The van der Waals surface area contributed by atoms with Crippen LogP contribution in [0.1, 0.15) is 39.1 Å². The Bertz CT molecular complexity index is 1030. The van der Waals surface area contributed by atoms with Crippen molar-refractivity contribution in [3.63, 3.8) is 0 Å². The second-order valence-corrected chi connectivity index (χ2v) is 7.15. The number of amides is 1. The molecule has 4 rings (SSSR count). The van der Waals surface area contributed by atoms with Crippen molar-refractivity contribution >= 4 is 12.1 Å². The van der Waals surface area contributed by atoms with Gasteiger partial charge in [-0.25, -0.2) is 9.59 Å². The van der Waals surface area contributed by atoms with Gasteiger partial charge >= 0.3 is 12.1 Å². The summed E-state index contributed by atoms with van der Waals surface area (Å²) in [6, 6.07) is 22.0. The lowest BCUT2D eigenvalue weighted by atomic mass is 9.98. The Morgan fingerprint density at radius 1 is 0.900 bits per heavy atom. The third kappa shape index (κ3) is 3.90. The number of benzene rings is 3. The van der Waals surface area contributed by atoms with E-state index in [-0.39, 0.29) is 24.6 Å². The maximum atomic E-state index is 12.2. The summed E-state index contributed by atoms with van der Waals surface area (Å²) >= 11 is 0. The maximum Gasteiger partial charge on any atom is 0.407 e. The zero-order valence-electron chi connectivity index (χ0n) is 16.1. The second kappa shape index (κ2) is 8.39. The molecule has 3 aromatic rings. The van der Waals surface area contributed by atoms with Gasteiger partial charge in [-0.2, -0.15) is 0 Å². The summed E-state index contributed by atoms with van der Waals surface area (Å²) in [7, 11) is 0. The number of nitrogens with one attached hydrogen (secondary N) is 1. The normalized spacial score (nSPS) is 13.2. The van der Waals surface area contributed by atoms with Gasteiger partial charge in [0, 0.05) is 5.92 Å². The van der Waals surface area contributed by atoms with Gasteiger partial charge in [0.1, 0.15) is 6.61 Å². The summed E-state index contributed by atoms with van der Waals surface area (Å²) in [5.41, 5.74) is 5.22. The van der Waals surface area contributed by atoms with Crippen LogP contribution in [0.5, 0.6) is 0 Å². The summed E-state index contributed by atoms with van der Waals surface area (Å²) in [6.07, 6.45) is -1.58. The van der Waals surface area contributed by atoms with Crippen LogP contribution < -0.4 is 5.32 Å². The Morgan fingerprint density at radius 2 is 1.47 bits per heavy atom. The quantitative estimate of drug-likeness (QED) is 0.579. The molecule has 1 amide bonds. The number of fused-ring (bicyclic) bond motifs is 3. The number of hydrogen-bond donors (Lipinski definition) is 3. The lowest BCUT2D eigenvalue weighted by Crippen LogP contribution is -2.30. The van der Waals surface area contributed by atoms with Gasteiger partial charge in [0.2, 0.25) is 0 Å². The average Bonchev–Trinajstić information content (AvgIpc) is 3.10. The fraction of sp³-hybridized carbons (Fsp3) is 0.167. The van der Waals surface area contributed by atoms with E-state index in [0.29, 0.717) is 5.56 Å². The molecule has 3 N–H and O–H groups in total. The minimum absolute atomic E-state index is 0.0309. The smallest absolute Gasteiger partial charge is 0.407 e. The van der Waals surface area contributed by atoms with Gasteiger partial charge in [0.25, 0.3) is 0 Å². The van der Waals surface area contributed by atoms with E-state index in [4.69, 9.17) is 9.84 Å². The number of rotatable bonds is 6.